The minimum absolute atomic E-state index is 0.194. The van der Waals surface area contributed by atoms with E-state index in [9.17, 15) is 0 Å². The Labute approximate surface area is 152 Å². The Balaban J connectivity index is 1.52. The van der Waals surface area contributed by atoms with Gasteiger partial charge in [0.05, 0.1) is 5.60 Å². The van der Waals surface area contributed by atoms with Gasteiger partial charge in [-0.2, -0.15) is 0 Å². The zero-order chi connectivity index (χ0) is 17.2. The Kier molecular flexibility index (Phi) is 3.62. The third-order valence-corrected chi connectivity index (χ3v) is 9.12. The molecule has 1 spiro atoms. The second kappa shape index (κ2) is 5.55. The van der Waals surface area contributed by atoms with E-state index in [-0.39, 0.29) is 5.60 Å². The molecule has 1 saturated heterocycles. The molecule has 0 aromatic carbocycles. The lowest BCUT2D eigenvalue weighted by atomic mass is 9.48. The van der Waals surface area contributed by atoms with Crippen molar-refractivity contribution in [3.8, 4) is 0 Å². The first-order valence-electron chi connectivity index (χ1n) is 10.6. The van der Waals surface area contributed by atoms with Gasteiger partial charge in [0, 0.05) is 12.3 Å². The third-order valence-electron chi connectivity index (χ3n) is 9.12. The van der Waals surface area contributed by atoms with E-state index < -0.39 is 0 Å². The molecule has 5 aliphatic rings. The number of rotatable bonds is 1. The summed E-state index contributed by atoms with van der Waals surface area (Å²) in [4.78, 5) is 0. The minimum atomic E-state index is 0.194. The van der Waals surface area contributed by atoms with Crippen molar-refractivity contribution in [2.75, 3.05) is 6.61 Å². The van der Waals surface area contributed by atoms with Crippen LogP contribution in [0.3, 0.4) is 0 Å². The highest BCUT2D eigenvalue weighted by atomic mass is 16.5. The van der Waals surface area contributed by atoms with E-state index in [1.54, 1.807) is 5.57 Å². The molecule has 2 heteroatoms. The number of ether oxygens (including phenoxy) is 1. The van der Waals surface area contributed by atoms with E-state index >= 15 is 0 Å². The summed E-state index contributed by atoms with van der Waals surface area (Å²) in [5.74, 6) is 3.80. The van der Waals surface area contributed by atoms with Gasteiger partial charge in [0.1, 0.15) is 0 Å². The SMILES string of the molecule is C=CC1CC2=CC(=N)CC[C@@H]2C2CC[C@@]3(C)C(CC[C@@]34CCCO4)C12. The van der Waals surface area contributed by atoms with Gasteiger partial charge < -0.3 is 10.1 Å². The van der Waals surface area contributed by atoms with Gasteiger partial charge in [0.15, 0.2) is 0 Å². The van der Waals surface area contributed by atoms with Crippen LogP contribution in [0.5, 0.6) is 0 Å². The van der Waals surface area contributed by atoms with Crippen LogP contribution in [0.25, 0.3) is 0 Å². The smallest absolute Gasteiger partial charge is 0.0739 e. The fourth-order valence-electron chi connectivity index (χ4n) is 8.00. The fourth-order valence-corrected chi connectivity index (χ4v) is 8.00. The van der Waals surface area contributed by atoms with Crippen molar-refractivity contribution in [2.24, 2.45) is 35.0 Å². The van der Waals surface area contributed by atoms with Crippen molar-refractivity contribution in [2.45, 2.75) is 70.3 Å². The maximum absolute atomic E-state index is 8.11. The van der Waals surface area contributed by atoms with E-state index in [0.717, 1.165) is 48.8 Å². The van der Waals surface area contributed by atoms with Gasteiger partial charge in [0.2, 0.25) is 0 Å². The monoisotopic (exact) mass is 339 g/mol. The summed E-state index contributed by atoms with van der Waals surface area (Å²) in [6.45, 7) is 7.81. The molecule has 1 heterocycles. The molecule has 25 heavy (non-hydrogen) atoms. The molecular weight excluding hydrogens is 306 g/mol. The molecule has 136 valence electrons. The summed E-state index contributed by atoms with van der Waals surface area (Å²) in [6.07, 6.45) is 15.8. The molecule has 5 rings (SSSR count). The zero-order valence-corrected chi connectivity index (χ0v) is 15.7. The van der Waals surface area contributed by atoms with E-state index in [1.165, 1.54) is 44.9 Å². The largest absolute Gasteiger partial charge is 0.374 e. The highest BCUT2D eigenvalue weighted by molar-refractivity contribution is 5.93. The lowest BCUT2D eigenvalue weighted by molar-refractivity contribution is -0.132. The van der Waals surface area contributed by atoms with Crippen LogP contribution in [0.2, 0.25) is 0 Å². The van der Waals surface area contributed by atoms with Crippen LogP contribution in [0.15, 0.2) is 24.3 Å². The molecule has 0 radical (unpaired) electrons. The first-order chi connectivity index (χ1) is 12.1. The predicted molar refractivity (Wildman–Crippen MR) is 102 cm³/mol. The average molecular weight is 340 g/mol. The van der Waals surface area contributed by atoms with Crippen molar-refractivity contribution >= 4 is 5.71 Å². The standard InChI is InChI=1S/C23H33NO/c1-3-15-13-16-14-17(24)5-6-18(16)19-7-10-22(2)20(21(15)19)8-11-23(22)9-4-12-25-23/h3,14-15,18-21,24H,1,4-13H2,2H3/t15?,18-,19?,20?,21?,22-,23-/m0/s1. The number of fused-ring (bicyclic) bond motifs is 6. The highest BCUT2D eigenvalue weighted by Crippen LogP contribution is 2.68. The highest BCUT2D eigenvalue weighted by Gasteiger charge is 2.65. The van der Waals surface area contributed by atoms with E-state index in [1.807, 2.05) is 0 Å². The molecule has 0 bridgehead atoms. The van der Waals surface area contributed by atoms with E-state index in [2.05, 4.69) is 25.7 Å². The summed E-state index contributed by atoms with van der Waals surface area (Å²) in [7, 11) is 0. The van der Waals surface area contributed by atoms with Gasteiger partial charge in [0.25, 0.3) is 0 Å². The molecule has 7 atom stereocenters. The number of hydrogen-bond acceptors (Lipinski definition) is 2. The van der Waals surface area contributed by atoms with Gasteiger partial charge in [-0.05, 0) is 98.9 Å². The van der Waals surface area contributed by atoms with Crippen LogP contribution in [0.4, 0.5) is 0 Å². The van der Waals surface area contributed by atoms with E-state index in [0.29, 0.717) is 11.3 Å². The van der Waals surface area contributed by atoms with Gasteiger partial charge >= 0.3 is 0 Å². The molecule has 2 nitrogen and oxygen atoms in total. The normalized spacial score (nSPS) is 51.6. The van der Waals surface area contributed by atoms with Gasteiger partial charge in [-0.1, -0.05) is 18.6 Å². The van der Waals surface area contributed by atoms with Crippen molar-refractivity contribution in [3.05, 3.63) is 24.3 Å². The molecule has 0 aromatic heterocycles. The van der Waals surface area contributed by atoms with Crippen LogP contribution in [-0.4, -0.2) is 17.9 Å². The summed E-state index contributed by atoms with van der Waals surface area (Å²) in [5.41, 5.74) is 3.01. The molecule has 4 unspecified atom stereocenters. The molecule has 4 aliphatic carbocycles. The lowest BCUT2D eigenvalue weighted by Gasteiger charge is -2.58. The Hall–Kier alpha value is -0.890. The minimum Gasteiger partial charge on any atom is -0.374 e. The quantitative estimate of drug-likeness (QED) is 0.625. The molecular formula is C23H33NO. The second-order valence-corrected chi connectivity index (χ2v) is 9.78. The van der Waals surface area contributed by atoms with Crippen molar-refractivity contribution < 1.29 is 4.74 Å². The van der Waals surface area contributed by atoms with Crippen LogP contribution in [0.1, 0.15) is 64.7 Å². The van der Waals surface area contributed by atoms with Crippen LogP contribution >= 0.6 is 0 Å². The molecule has 3 saturated carbocycles. The Morgan fingerprint density at radius 3 is 2.88 bits per heavy atom. The molecule has 0 amide bonds. The first kappa shape index (κ1) is 16.3. The molecule has 1 aliphatic heterocycles. The van der Waals surface area contributed by atoms with Crippen LogP contribution < -0.4 is 0 Å². The number of nitrogens with one attached hydrogen (secondary N) is 1. The molecule has 0 aromatic rings. The maximum atomic E-state index is 8.11. The van der Waals surface area contributed by atoms with Crippen molar-refractivity contribution in [3.63, 3.8) is 0 Å². The summed E-state index contributed by atoms with van der Waals surface area (Å²) >= 11 is 0. The third kappa shape index (κ3) is 2.10. The first-order valence-corrected chi connectivity index (χ1v) is 10.6. The average Bonchev–Trinajstić information content (AvgIpc) is 3.20. The van der Waals surface area contributed by atoms with Crippen molar-refractivity contribution in [1.82, 2.24) is 0 Å². The second-order valence-electron chi connectivity index (χ2n) is 9.78. The lowest BCUT2D eigenvalue weighted by Crippen LogP contribution is -2.54. The van der Waals surface area contributed by atoms with Gasteiger partial charge in [-0.25, -0.2) is 0 Å². The maximum Gasteiger partial charge on any atom is 0.0739 e. The molecule has 1 N–H and O–H groups in total. The number of hydrogen-bond donors (Lipinski definition) is 1. The fraction of sp³-hybridized carbons (Fsp3) is 0.783. The number of allylic oxidation sites excluding steroid dienone is 3. The Bertz CT molecular complexity index is 628. The van der Waals surface area contributed by atoms with Crippen molar-refractivity contribution in [1.29, 1.82) is 5.41 Å². The Morgan fingerprint density at radius 1 is 1.24 bits per heavy atom. The predicted octanol–water partition coefficient (Wildman–Crippen LogP) is 5.54. The summed E-state index contributed by atoms with van der Waals surface area (Å²) in [5, 5.41) is 8.11. The van der Waals surface area contributed by atoms with E-state index in [4.69, 9.17) is 10.1 Å². The van der Waals surface area contributed by atoms with Gasteiger partial charge in [-0.3, -0.25) is 0 Å². The van der Waals surface area contributed by atoms with Gasteiger partial charge in [-0.15, -0.1) is 6.58 Å². The summed E-state index contributed by atoms with van der Waals surface area (Å²) < 4.78 is 6.48. The Morgan fingerprint density at radius 2 is 2.12 bits per heavy atom. The zero-order valence-electron chi connectivity index (χ0n) is 15.7. The summed E-state index contributed by atoms with van der Waals surface area (Å²) in [6, 6.07) is 0. The molecule has 4 fully saturated rings. The topological polar surface area (TPSA) is 33.1 Å². The van der Waals surface area contributed by atoms with Crippen LogP contribution in [0, 0.1) is 40.4 Å². The van der Waals surface area contributed by atoms with Crippen LogP contribution in [-0.2, 0) is 4.74 Å².